The molecule has 4 aliphatic rings. The largest absolute Gasteiger partial charge is 0.330 e. The number of hydrogen-bond donors (Lipinski definition) is 1. The summed E-state index contributed by atoms with van der Waals surface area (Å²) in [6, 6.07) is 11.0. The fourth-order valence-corrected chi connectivity index (χ4v) is 6.87. The molecule has 2 N–H and O–H groups in total. The summed E-state index contributed by atoms with van der Waals surface area (Å²) in [4.78, 5) is 13.1. The van der Waals surface area contributed by atoms with Gasteiger partial charge in [0.05, 0.1) is 0 Å². The molecule has 0 aromatic heterocycles. The lowest BCUT2D eigenvalue weighted by molar-refractivity contribution is -0.158. The molecule has 0 saturated heterocycles. The van der Waals surface area contributed by atoms with Gasteiger partial charge in [-0.1, -0.05) is 37.3 Å². The van der Waals surface area contributed by atoms with E-state index in [0.29, 0.717) is 24.2 Å². The van der Waals surface area contributed by atoms with E-state index in [1.807, 2.05) is 0 Å². The van der Waals surface area contributed by atoms with E-state index in [-0.39, 0.29) is 10.8 Å². The Bertz CT molecular complexity index is 612. The maximum absolute atomic E-state index is 13.1. The SMILES string of the molecule is CC12CC3CC(C(=O)CCCN)(C1)CC(c1ccccc1)(C3)C2. The lowest BCUT2D eigenvalue weighted by atomic mass is 9.38. The van der Waals surface area contributed by atoms with Crippen LogP contribution in [0, 0.1) is 16.7 Å². The summed E-state index contributed by atoms with van der Waals surface area (Å²) in [5.74, 6) is 1.25. The molecule has 5 rings (SSSR count). The highest BCUT2D eigenvalue weighted by Gasteiger charge is 2.63. The van der Waals surface area contributed by atoms with Gasteiger partial charge in [-0.3, -0.25) is 4.79 Å². The molecule has 4 unspecified atom stereocenters. The molecule has 1 aromatic carbocycles. The summed E-state index contributed by atoms with van der Waals surface area (Å²) in [7, 11) is 0. The van der Waals surface area contributed by atoms with Crippen molar-refractivity contribution in [2.75, 3.05) is 6.54 Å². The van der Waals surface area contributed by atoms with Crippen molar-refractivity contribution in [2.24, 2.45) is 22.5 Å². The number of ketones is 1. The van der Waals surface area contributed by atoms with Gasteiger partial charge in [-0.15, -0.1) is 0 Å². The number of carbonyl (C=O) groups is 1. The highest BCUT2D eigenvalue weighted by atomic mass is 16.1. The molecule has 4 fully saturated rings. The Morgan fingerprint density at radius 1 is 1.13 bits per heavy atom. The van der Waals surface area contributed by atoms with Crippen molar-refractivity contribution in [3.8, 4) is 0 Å². The molecule has 0 aliphatic heterocycles. The number of carbonyl (C=O) groups excluding carboxylic acids is 1. The molecule has 4 bridgehead atoms. The van der Waals surface area contributed by atoms with Crippen LogP contribution < -0.4 is 5.73 Å². The maximum atomic E-state index is 13.1. The van der Waals surface area contributed by atoms with E-state index < -0.39 is 0 Å². The average Bonchev–Trinajstić information content (AvgIpc) is 2.51. The highest BCUT2D eigenvalue weighted by molar-refractivity contribution is 5.85. The van der Waals surface area contributed by atoms with Crippen LogP contribution in [0.5, 0.6) is 0 Å². The van der Waals surface area contributed by atoms with Gasteiger partial charge in [0.25, 0.3) is 0 Å². The topological polar surface area (TPSA) is 43.1 Å². The molecule has 0 heterocycles. The van der Waals surface area contributed by atoms with Crippen molar-refractivity contribution >= 4 is 5.78 Å². The molecule has 2 nitrogen and oxygen atoms in total. The van der Waals surface area contributed by atoms with Gasteiger partial charge in [0, 0.05) is 11.8 Å². The fourth-order valence-electron chi connectivity index (χ4n) is 6.87. The lowest BCUT2D eigenvalue weighted by Crippen LogP contribution is -2.60. The van der Waals surface area contributed by atoms with Crippen molar-refractivity contribution in [1.82, 2.24) is 0 Å². The number of hydrogen-bond acceptors (Lipinski definition) is 2. The van der Waals surface area contributed by atoms with E-state index in [4.69, 9.17) is 5.73 Å². The third kappa shape index (κ3) is 2.38. The van der Waals surface area contributed by atoms with Crippen LogP contribution >= 0.6 is 0 Å². The van der Waals surface area contributed by atoms with Gasteiger partial charge in [-0.2, -0.15) is 0 Å². The first kappa shape index (κ1) is 15.4. The van der Waals surface area contributed by atoms with Gasteiger partial charge in [-0.25, -0.2) is 0 Å². The fraction of sp³-hybridized carbons (Fsp3) is 0.667. The van der Waals surface area contributed by atoms with Crippen molar-refractivity contribution in [3.63, 3.8) is 0 Å². The standard InChI is InChI=1S/C21H29NO/c1-19-10-16-11-20(13-19,17-6-3-2-4-7-17)15-21(12-16,14-19)18(23)8-5-9-22/h2-4,6-7,16H,5,8-15,22H2,1H3. The zero-order valence-corrected chi connectivity index (χ0v) is 14.3. The van der Waals surface area contributed by atoms with Crippen LogP contribution in [0.4, 0.5) is 0 Å². The van der Waals surface area contributed by atoms with Gasteiger partial charge in [0.15, 0.2) is 0 Å². The smallest absolute Gasteiger partial charge is 0.139 e. The first-order valence-corrected chi connectivity index (χ1v) is 9.28. The molecule has 0 radical (unpaired) electrons. The summed E-state index contributed by atoms with van der Waals surface area (Å²) >= 11 is 0. The lowest BCUT2D eigenvalue weighted by Gasteiger charge is -2.65. The minimum atomic E-state index is -0.0564. The second-order valence-electron chi connectivity index (χ2n) is 9.06. The van der Waals surface area contributed by atoms with Crippen LogP contribution in [0.25, 0.3) is 0 Å². The normalized spacial score (nSPS) is 41.2. The second-order valence-corrected chi connectivity index (χ2v) is 9.06. The van der Waals surface area contributed by atoms with Crippen molar-refractivity contribution in [3.05, 3.63) is 35.9 Å². The Morgan fingerprint density at radius 2 is 1.91 bits per heavy atom. The predicted molar refractivity (Wildman–Crippen MR) is 93.1 cm³/mol. The maximum Gasteiger partial charge on any atom is 0.139 e. The Morgan fingerprint density at radius 3 is 2.61 bits per heavy atom. The Hall–Kier alpha value is -1.15. The zero-order valence-electron chi connectivity index (χ0n) is 14.3. The van der Waals surface area contributed by atoms with Gasteiger partial charge < -0.3 is 5.73 Å². The second kappa shape index (κ2) is 5.17. The first-order valence-electron chi connectivity index (χ1n) is 9.28. The minimum absolute atomic E-state index is 0.0564. The van der Waals surface area contributed by atoms with E-state index in [0.717, 1.165) is 31.6 Å². The molecule has 4 saturated carbocycles. The van der Waals surface area contributed by atoms with Crippen LogP contribution in [0.2, 0.25) is 0 Å². The van der Waals surface area contributed by atoms with Gasteiger partial charge in [0.2, 0.25) is 0 Å². The van der Waals surface area contributed by atoms with Crippen LogP contribution in [-0.2, 0) is 10.2 Å². The van der Waals surface area contributed by atoms with Crippen molar-refractivity contribution in [2.45, 2.75) is 63.7 Å². The molecule has 0 amide bonds. The summed E-state index contributed by atoms with van der Waals surface area (Å²) in [6.07, 6.45) is 8.76. The van der Waals surface area contributed by atoms with Crippen molar-refractivity contribution in [1.29, 1.82) is 0 Å². The molecule has 4 aliphatic carbocycles. The number of rotatable bonds is 5. The van der Waals surface area contributed by atoms with Crippen LogP contribution in [-0.4, -0.2) is 12.3 Å². The number of benzene rings is 1. The average molecular weight is 311 g/mol. The first-order chi connectivity index (χ1) is 11.0. The third-order valence-corrected chi connectivity index (χ3v) is 6.93. The molecule has 2 heteroatoms. The quantitative estimate of drug-likeness (QED) is 0.884. The van der Waals surface area contributed by atoms with E-state index in [9.17, 15) is 4.79 Å². The predicted octanol–water partition coefficient (Wildman–Crippen LogP) is 4.22. The van der Waals surface area contributed by atoms with Gasteiger partial charge >= 0.3 is 0 Å². The minimum Gasteiger partial charge on any atom is -0.330 e. The molecule has 4 atom stereocenters. The van der Waals surface area contributed by atoms with E-state index >= 15 is 0 Å². The highest BCUT2D eigenvalue weighted by Crippen LogP contribution is 2.70. The summed E-state index contributed by atoms with van der Waals surface area (Å²) in [6.45, 7) is 3.08. The molecular formula is C21H29NO. The number of Topliss-reactive ketones (excluding diaryl/α,β-unsaturated/α-hetero) is 1. The Labute approximate surface area is 139 Å². The summed E-state index contributed by atoms with van der Waals surface area (Å²) < 4.78 is 0. The van der Waals surface area contributed by atoms with E-state index in [1.165, 1.54) is 24.8 Å². The molecule has 1 aromatic rings. The van der Waals surface area contributed by atoms with E-state index in [1.54, 1.807) is 0 Å². The molecular weight excluding hydrogens is 282 g/mol. The zero-order chi connectivity index (χ0) is 16.1. The summed E-state index contributed by atoms with van der Waals surface area (Å²) in [5.41, 5.74) is 7.68. The van der Waals surface area contributed by atoms with Gasteiger partial charge in [-0.05, 0) is 73.8 Å². The summed E-state index contributed by atoms with van der Waals surface area (Å²) in [5, 5.41) is 0. The molecule has 124 valence electrons. The van der Waals surface area contributed by atoms with Crippen LogP contribution in [0.1, 0.15) is 63.9 Å². The monoisotopic (exact) mass is 311 g/mol. The van der Waals surface area contributed by atoms with Crippen LogP contribution in [0.15, 0.2) is 30.3 Å². The third-order valence-electron chi connectivity index (χ3n) is 6.93. The molecule has 23 heavy (non-hydrogen) atoms. The van der Waals surface area contributed by atoms with Gasteiger partial charge in [0.1, 0.15) is 5.78 Å². The molecule has 0 spiro atoms. The van der Waals surface area contributed by atoms with Crippen molar-refractivity contribution < 1.29 is 4.79 Å². The van der Waals surface area contributed by atoms with E-state index in [2.05, 4.69) is 37.3 Å². The number of nitrogens with two attached hydrogens (primary N) is 1. The Kier molecular flexibility index (Phi) is 3.46. The van der Waals surface area contributed by atoms with Crippen LogP contribution in [0.3, 0.4) is 0 Å². The Balaban J connectivity index is 1.73.